The first kappa shape index (κ1) is 17.5. The Balaban J connectivity index is 1.55. The highest BCUT2D eigenvalue weighted by Gasteiger charge is 2.14. The molecular formula is C25H21N3O. The molecular weight excluding hydrogens is 358 g/mol. The van der Waals surface area contributed by atoms with Crippen LogP contribution >= 0.6 is 0 Å². The van der Waals surface area contributed by atoms with E-state index in [0.29, 0.717) is 0 Å². The minimum absolute atomic E-state index is 0.211. The molecule has 1 heterocycles. The van der Waals surface area contributed by atoms with Crippen molar-refractivity contribution in [3.05, 3.63) is 102 Å². The van der Waals surface area contributed by atoms with Crippen molar-refractivity contribution in [3.8, 4) is 11.4 Å². The molecule has 29 heavy (non-hydrogen) atoms. The molecule has 0 amide bonds. The number of aromatic nitrogens is 2. The number of fused-ring (bicyclic) bond motifs is 2. The van der Waals surface area contributed by atoms with Crippen molar-refractivity contribution in [2.45, 2.75) is 6.04 Å². The Kier molecular flexibility index (Phi) is 4.26. The van der Waals surface area contributed by atoms with Crippen LogP contribution in [0, 0.1) is 0 Å². The van der Waals surface area contributed by atoms with Gasteiger partial charge in [-0.2, -0.15) is 0 Å². The van der Waals surface area contributed by atoms with Crippen molar-refractivity contribution in [3.63, 3.8) is 0 Å². The van der Waals surface area contributed by atoms with Crippen LogP contribution in [0.15, 0.2) is 91.3 Å². The number of methoxy groups -OCH3 is 1. The Bertz CT molecular complexity index is 1300. The maximum absolute atomic E-state index is 6.67. The third kappa shape index (κ3) is 3.04. The number of rotatable bonds is 4. The highest BCUT2D eigenvalue weighted by atomic mass is 16.5. The average molecular weight is 379 g/mol. The zero-order valence-corrected chi connectivity index (χ0v) is 16.1. The van der Waals surface area contributed by atoms with Gasteiger partial charge in [0.15, 0.2) is 0 Å². The molecule has 142 valence electrons. The molecule has 0 aliphatic heterocycles. The summed E-state index contributed by atoms with van der Waals surface area (Å²) in [6.45, 7) is 0. The lowest BCUT2D eigenvalue weighted by atomic mass is 9.94. The van der Waals surface area contributed by atoms with Crippen LogP contribution in [0.1, 0.15) is 17.2 Å². The Morgan fingerprint density at radius 1 is 0.897 bits per heavy atom. The topological polar surface area (TPSA) is 53.1 Å². The monoisotopic (exact) mass is 379 g/mol. The van der Waals surface area contributed by atoms with Gasteiger partial charge in [-0.05, 0) is 58.3 Å². The van der Waals surface area contributed by atoms with Crippen molar-refractivity contribution in [2.75, 3.05) is 7.11 Å². The van der Waals surface area contributed by atoms with Crippen molar-refractivity contribution < 1.29 is 4.74 Å². The minimum Gasteiger partial charge on any atom is -0.497 e. The van der Waals surface area contributed by atoms with Crippen molar-refractivity contribution >= 4 is 21.8 Å². The predicted octanol–water partition coefficient (Wildman–Crippen LogP) is 5.24. The maximum Gasteiger partial charge on any atom is 0.119 e. The van der Waals surface area contributed by atoms with Gasteiger partial charge < -0.3 is 10.5 Å². The number of ether oxygens (including phenoxy) is 1. The van der Waals surface area contributed by atoms with Crippen LogP contribution in [0.5, 0.6) is 5.75 Å². The van der Waals surface area contributed by atoms with E-state index >= 15 is 0 Å². The summed E-state index contributed by atoms with van der Waals surface area (Å²) in [6, 6.07) is 28.6. The van der Waals surface area contributed by atoms with E-state index in [1.54, 1.807) is 7.11 Å². The lowest BCUT2D eigenvalue weighted by molar-refractivity contribution is 0.415. The summed E-state index contributed by atoms with van der Waals surface area (Å²) in [4.78, 5) is 4.61. The molecule has 0 radical (unpaired) electrons. The van der Waals surface area contributed by atoms with E-state index in [-0.39, 0.29) is 6.04 Å². The molecule has 4 heteroatoms. The Hall–Kier alpha value is -3.63. The van der Waals surface area contributed by atoms with E-state index < -0.39 is 0 Å². The summed E-state index contributed by atoms with van der Waals surface area (Å²) in [5.41, 5.74) is 11.9. The van der Waals surface area contributed by atoms with Gasteiger partial charge in [0.25, 0.3) is 0 Å². The second kappa shape index (κ2) is 7.08. The van der Waals surface area contributed by atoms with Crippen LogP contribution in [0.2, 0.25) is 0 Å². The zero-order chi connectivity index (χ0) is 19.8. The summed E-state index contributed by atoms with van der Waals surface area (Å²) >= 11 is 0. The molecule has 5 aromatic rings. The van der Waals surface area contributed by atoms with Crippen molar-refractivity contribution in [1.82, 2.24) is 9.55 Å². The molecule has 4 nitrogen and oxygen atoms in total. The first-order valence-electron chi connectivity index (χ1n) is 9.59. The van der Waals surface area contributed by atoms with Crippen LogP contribution < -0.4 is 10.5 Å². The summed E-state index contributed by atoms with van der Waals surface area (Å²) in [5.74, 6) is 0.835. The summed E-state index contributed by atoms with van der Waals surface area (Å²) in [5, 5.41) is 2.39. The normalized spacial score (nSPS) is 12.3. The van der Waals surface area contributed by atoms with Gasteiger partial charge in [-0.3, -0.25) is 4.57 Å². The second-order valence-electron chi connectivity index (χ2n) is 7.11. The van der Waals surface area contributed by atoms with E-state index in [9.17, 15) is 0 Å². The lowest BCUT2D eigenvalue weighted by Crippen LogP contribution is -2.12. The molecule has 2 N–H and O–H groups in total. The number of hydrogen-bond acceptors (Lipinski definition) is 3. The SMILES string of the molecule is COc1ccc(-n2cnc3cc(C(N)c4cccc5ccccc45)ccc32)cc1. The molecule has 0 bridgehead atoms. The minimum atomic E-state index is -0.211. The van der Waals surface area contributed by atoms with E-state index in [1.165, 1.54) is 10.8 Å². The molecule has 1 unspecified atom stereocenters. The van der Waals surface area contributed by atoms with Gasteiger partial charge in [0.1, 0.15) is 12.1 Å². The molecule has 4 aromatic carbocycles. The third-order valence-electron chi connectivity index (χ3n) is 5.44. The smallest absolute Gasteiger partial charge is 0.119 e. The van der Waals surface area contributed by atoms with Gasteiger partial charge in [0, 0.05) is 5.69 Å². The molecule has 0 fully saturated rings. The number of imidazole rings is 1. The molecule has 5 rings (SSSR count). The van der Waals surface area contributed by atoms with Crippen molar-refractivity contribution in [2.24, 2.45) is 5.73 Å². The van der Waals surface area contributed by atoms with Gasteiger partial charge in [-0.15, -0.1) is 0 Å². The number of nitrogens with two attached hydrogens (primary N) is 1. The first-order chi connectivity index (χ1) is 14.2. The highest BCUT2D eigenvalue weighted by molar-refractivity contribution is 5.87. The van der Waals surface area contributed by atoms with Gasteiger partial charge in [-0.1, -0.05) is 48.5 Å². The molecule has 0 spiro atoms. The highest BCUT2D eigenvalue weighted by Crippen LogP contribution is 2.29. The summed E-state index contributed by atoms with van der Waals surface area (Å²) in [6.07, 6.45) is 1.85. The average Bonchev–Trinajstić information content (AvgIpc) is 3.21. The molecule has 1 atom stereocenters. The van der Waals surface area contributed by atoms with E-state index in [0.717, 1.165) is 33.6 Å². The Morgan fingerprint density at radius 2 is 1.69 bits per heavy atom. The number of hydrogen-bond donors (Lipinski definition) is 1. The molecule has 1 aromatic heterocycles. The first-order valence-corrected chi connectivity index (χ1v) is 9.59. The second-order valence-corrected chi connectivity index (χ2v) is 7.11. The van der Waals surface area contributed by atoms with E-state index in [4.69, 9.17) is 10.5 Å². The van der Waals surface area contributed by atoms with Gasteiger partial charge in [-0.25, -0.2) is 4.98 Å². The predicted molar refractivity (Wildman–Crippen MR) is 118 cm³/mol. The van der Waals surface area contributed by atoms with E-state index in [2.05, 4.69) is 70.2 Å². The standard InChI is InChI=1S/C25H21N3O/c1-29-20-12-10-19(11-13-20)28-16-27-23-15-18(9-14-24(23)28)25(26)22-8-4-6-17-5-2-3-7-21(17)22/h2-16,25H,26H2,1H3. The fourth-order valence-electron chi connectivity index (χ4n) is 3.87. The summed E-state index contributed by atoms with van der Waals surface area (Å²) in [7, 11) is 1.67. The zero-order valence-electron chi connectivity index (χ0n) is 16.1. The van der Waals surface area contributed by atoms with Gasteiger partial charge in [0.2, 0.25) is 0 Å². The Morgan fingerprint density at radius 3 is 2.52 bits per heavy atom. The maximum atomic E-state index is 6.67. The van der Waals surface area contributed by atoms with Crippen molar-refractivity contribution in [1.29, 1.82) is 0 Å². The van der Waals surface area contributed by atoms with Crippen LogP contribution in [0.3, 0.4) is 0 Å². The fourth-order valence-corrected chi connectivity index (χ4v) is 3.87. The number of nitrogens with zero attached hydrogens (tertiary/aromatic N) is 2. The Labute approximate surface area is 169 Å². The van der Waals surface area contributed by atoms with Gasteiger partial charge in [0.05, 0.1) is 24.2 Å². The molecule has 0 saturated carbocycles. The molecule has 0 aliphatic carbocycles. The molecule has 0 saturated heterocycles. The summed E-state index contributed by atoms with van der Waals surface area (Å²) < 4.78 is 7.32. The van der Waals surface area contributed by atoms with E-state index in [1.807, 2.05) is 30.6 Å². The fraction of sp³-hybridized carbons (Fsp3) is 0.0800. The number of benzene rings is 4. The molecule has 0 aliphatic rings. The van der Waals surface area contributed by atoms with Gasteiger partial charge >= 0.3 is 0 Å². The van der Waals surface area contributed by atoms with Crippen LogP contribution in [0.25, 0.3) is 27.5 Å². The van der Waals surface area contributed by atoms with Crippen LogP contribution in [-0.2, 0) is 0 Å². The third-order valence-corrected chi connectivity index (χ3v) is 5.44. The largest absolute Gasteiger partial charge is 0.497 e. The van der Waals surface area contributed by atoms with Crippen LogP contribution in [0.4, 0.5) is 0 Å². The quantitative estimate of drug-likeness (QED) is 0.465. The van der Waals surface area contributed by atoms with Crippen LogP contribution in [-0.4, -0.2) is 16.7 Å². The lowest BCUT2D eigenvalue weighted by Gasteiger charge is -2.15.